The van der Waals surface area contributed by atoms with Crippen molar-refractivity contribution in [2.75, 3.05) is 20.3 Å². The van der Waals surface area contributed by atoms with E-state index in [2.05, 4.69) is 23.3 Å². The summed E-state index contributed by atoms with van der Waals surface area (Å²) in [4.78, 5) is 30.7. The van der Waals surface area contributed by atoms with Gasteiger partial charge in [0, 0.05) is 42.7 Å². The highest BCUT2D eigenvalue weighted by Crippen LogP contribution is 2.22. The average Bonchev–Trinajstić information content (AvgIpc) is 3.34. The van der Waals surface area contributed by atoms with E-state index in [-0.39, 0.29) is 24.5 Å². The van der Waals surface area contributed by atoms with Gasteiger partial charge in [-0.05, 0) is 48.2 Å². The van der Waals surface area contributed by atoms with Crippen LogP contribution >= 0.6 is 0 Å². The molecule has 1 unspecified atom stereocenters. The van der Waals surface area contributed by atoms with Crippen molar-refractivity contribution in [3.05, 3.63) is 95.7 Å². The average molecular weight is 514 g/mol. The highest BCUT2D eigenvalue weighted by molar-refractivity contribution is 5.83. The van der Waals surface area contributed by atoms with E-state index >= 15 is 0 Å². The number of amides is 2. The zero-order chi connectivity index (χ0) is 26.9. The van der Waals surface area contributed by atoms with Gasteiger partial charge in [0.25, 0.3) is 5.91 Å². The molecule has 3 aromatic carbocycles. The van der Waals surface area contributed by atoms with Gasteiger partial charge in [0.1, 0.15) is 11.5 Å². The molecule has 0 bridgehead atoms. The zero-order valence-corrected chi connectivity index (χ0v) is 22.2. The molecule has 0 aliphatic heterocycles. The van der Waals surface area contributed by atoms with Crippen molar-refractivity contribution in [1.82, 2.24) is 15.2 Å². The second-order valence-corrected chi connectivity index (χ2v) is 9.33. The standard InChI is InChI=1S/C31H35N3O4/c1-4-23-13-15-27(16-14-23)38-21-31(36)33-26(17-25-18-32-29-11-7-6-10-28(25)29)20-34(22(2)35)19-24-9-5-8-12-30(24)37-3/h5-16,18,26,32H,4,17,19-21H2,1-3H3,(H,33,36). The van der Waals surface area contributed by atoms with E-state index in [0.29, 0.717) is 25.3 Å². The number of benzene rings is 3. The summed E-state index contributed by atoms with van der Waals surface area (Å²) < 4.78 is 11.2. The van der Waals surface area contributed by atoms with Crippen molar-refractivity contribution in [2.45, 2.75) is 39.3 Å². The SMILES string of the molecule is CCc1ccc(OCC(=O)NC(Cc2c[nH]c3ccccc23)CN(Cc2ccccc2OC)C(C)=O)cc1. The van der Waals surface area contributed by atoms with Crippen molar-refractivity contribution in [1.29, 1.82) is 0 Å². The summed E-state index contributed by atoms with van der Waals surface area (Å²) in [5.74, 6) is 1.04. The van der Waals surface area contributed by atoms with Crippen molar-refractivity contribution in [3.8, 4) is 11.5 Å². The third kappa shape index (κ3) is 6.94. The van der Waals surface area contributed by atoms with Crippen LogP contribution in [-0.4, -0.2) is 48.0 Å². The summed E-state index contributed by atoms with van der Waals surface area (Å²) in [6.45, 7) is 4.24. The summed E-state index contributed by atoms with van der Waals surface area (Å²) in [5, 5.41) is 4.21. The molecule has 1 aromatic heterocycles. The second-order valence-electron chi connectivity index (χ2n) is 9.33. The van der Waals surface area contributed by atoms with E-state index < -0.39 is 0 Å². The topological polar surface area (TPSA) is 83.7 Å². The molecule has 4 rings (SSSR count). The lowest BCUT2D eigenvalue weighted by atomic mass is 10.0. The second kappa shape index (κ2) is 12.8. The predicted octanol–water partition coefficient (Wildman–Crippen LogP) is 4.89. The Kier molecular flexibility index (Phi) is 9.03. The van der Waals surface area contributed by atoms with Crippen LogP contribution in [0.2, 0.25) is 0 Å². The van der Waals surface area contributed by atoms with Gasteiger partial charge < -0.3 is 24.7 Å². The third-order valence-electron chi connectivity index (χ3n) is 6.65. The number of carbonyl (C=O) groups excluding carboxylic acids is 2. The summed E-state index contributed by atoms with van der Waals surface area (Å²) in [6, 6.07) is 23.1. The fourth-order valence-corrected chi connectivity index (χ4v) is 4.58. The Morgan fingerprint density at radius 3 is 2.45 bits per heavy atom. The van der Waals surface area contributed by atoms with Crippen LogP contribution in [0, 0.1) is 0 Å². The molecule has 1 heterocycles. The molecule has 2 N–H and O–H groups in total. The molecule has 0 radical (unpaired) electrons. The van der Waals surface area contributed by atoms with E-state index in [4.69, 9.17) is 9.47 Å². The van der Waals surface area contributed by atoms with Crippen LogP contribution < -0.4 is 14.8 Å². The Morgan fingerprint density at radius 1 is 0.974 bits per heavy atom. The largest absolute Gasteiger partial charge is 0.496 e. The van der Waals surface area contributed by atoms with Crippen LogP contribution in [-0.2, 0) is 29.0 Å². The summed E-state index contributed by atoms with van der Waals surface area (Å²) >= 11 is 0. The fourth-order valence-electron chi connectivity index (χ4n) is 4.58. The summed E-state index contributed by atoms with van der Waals surface area (Å²) in [6.07, 6.45) is 3.46. The van der Waals surface area contributed by atoms with Gasteiger partial charge in [-0.3, -0.25) is 9.59 Å². The number of carbonyl (C=O) groups is 2. The lowest BCUT2D eigenvalue weighted by Gasteiger charge is -2.28. The number of aromatic amines is 1. The molecule has 1 atom stereocenters. The number of rotatable bonds is 12. The maximum absolute atomic E-state index is 13.0. The summed E-state index contributed by atoms with van der Waals surface area (Å²) in [7, 11) is 1.62. The number of nitrogens with zero attached hydrogens (tertiary/aromatic N) is 1. The molecule has 2 amide bonds. The van der Waals surface area contributed by atoms with Crippen molar-refractivity contribution < 1.29 is 19.1 Å². The number of nitrogens with one attached hydrogen (secondary N) is 2. The van der Waals surface area contributed by atoms with Crippen LogP contribution in [0.5, 0.6) is 11.5 Å². The van der Waals surface area contributed by atoms with Gasteiger partial charge in [-0.25, -0.2) is 0 Å². The third-order valence-corrected chi connectivity index (χ3v) is 6.65. The number of H-pyrrole nitrogens is 1. The van der Waals surface area contributed by atoms with Crippen molar-refractivity contribution in [2.24, 2.45) is 0 Å². The molecule has 7 nitrogen and oxygen atoms in total. The van der Waals surface area contributed by atoms with Crippen LogP contribution in [0.3, 0.4) is 0 Å². The molecule has 38 heavy (non-hydrogen) atoms. The van der Waals surface area contributed by atoms with Gasteiger partial charge in [-0.2, -0.15) is 0 Å². The molecule has 198 valence electrons. The number of aromatic nitrogens is 1. The van der Waals surface area contributed by atoms with Crippen LogP contribution in [0.1, 0.15) is 30.5 Å². The molecule has 4 aromatic rings. The fraction of sp³-hybridized carbons (Fsp3) is 0.290. The maximum atomic E-state index is 13.0. The Balaban J connectivity index is 1.50. The normalized spacial score (nSPS) is 11.7. The minimum atomic E-state index is -0.327. The highest BCUT2D eigenvalue weighted by atomic mass is 16.5. The first-order chi connectivity index (χ1) is 18.5. The molecular weight excluding hydrogens is 478 g/mol. The summed E-state index contributed by atoms with van der Waals surface area (Å²) in [5.41, 5.74) is 4.22. The van der Waals surface area contributed by atoms with Gasteiger partial charge in [-0.1, -0.05) is 55.5 Å². The van der Waals surface area contributed by atoms with Gasteiger partial charge >= 0.3 is 0 Å². The Bertz CT molecular complexity index is 1360. The van der Waals surface area contributed by atoms with Gasteiger partial charge in [0.2, 0.25) is 5.91 Å². The minimum absolute atomic E-state index is 0.0821. The molecule has 0 spiro atoms. The Hall–Kier alpha value is -4.26. The number of hydrogen-bond acceptors (Lipinski definition) is 4. The monoisotopic (exact) mass is 513 g/mol. The number of para-hydroxylation sites is 2. The molecule has 7 heteroatoms. The Morgan fingerprint density at radius 2 is 1.71 bits per heavy atom. The van der Waals surface area contributed by atoms with E-state index in [1.165, 1.54) is 5.56 Å². The number of ether oxygens (including phenoxy) is 2. The first kappa shape index (κ1) is 26.8. The number of methoxy groups -OCH3 is 1. The predicted molar refractivity (Wildman–Crippen MR) is 149 cm³/mol. The first-order valence-electron chi connectivity index (χ1n) is 12.9. The van der Waals surface area contributed by atoms with E-state index in [9.17, 15) is 9.59 Å². The maximum Gasteiger partial charge on any atom is 0.258 e. The molecule has 0 fully saturated rings. The van der Waals surface area contributed by atoms with Crippen LogP contribution in [0.4, 0.5) is 0 Å². The number of aryl methyl sites for hydroxylation is 1. The van der Waals surface area contributed by atoms with Crippen molar-refractivity contribution in [3.63, 3.8) is 0 Å². The van der Waals surface area contributed by atoms with E-state index in [1.807, 2.05) is 72.9 Å². The molecule has 0 aliphatic carbocycles. The Labute approximate surface area is 223 Å². The van der Waals surface area contributed by atoms with Gasteiger partial charge in [-0.15, -0.1) is 0 Å². The van der Waals surface area contributed by atoms with Gasteiger partial charge in [0.05, 0.1) is 13.2 Å². The van der Waals surface area contributed by atoms with Crippen LogP contribution in [0.25, 0.3) is 10.9 Å². The molecule has 0 saturated heterocycles. The first-order valence-corrected chi connectivity index (χ1v) is 12.9. The van der Waals surface area contributed by atoms with Crippen LogP contribution in [0.15, 0.2) is 79.0 Å². The highest BCUT2D eigenvalue weighted by Gasteiger charge is 2.22. The van der Waals surface area contributed by atoms with Gasteiger partial charge in [0.15, 0.2) is 6.61 Å². The van der Waals surface area contributed by atoms with Crippen molar-refractivity contribution >= 4 is 22.7 Å². The van der Waals surface area contributed by atoms with E-state index in [0.717, 1.165) is 34.2 Å². The lowest BCUT2D eigenvalue weighted by Crippen LogP contribution is -2.47. The van der Waals surface area contributed by atoms with E-state index in [1.54, 1.807) is 18.9 Å². The zero-order valence-electron chi connectivity index (χ0n) is 22.2. The molecule has 0 saturated carbocycles. The minimum Gasteiger partial charge on any atom is -0.496 e. The quantitative estimate of drug-likeness (QED) is 0.282. The number of hydrogen-bond donors (Lipinski definition) is 2. The lowest BCUT2D eigenvalue weighted by molar-refractivity contribution is -0.131. The molecular formula is C31H35N3O4. The molecule has 0 aliphatic rings. The number of fused-ring (bicyclic) bond motifs is 1. The smallest absolute Gasteiger partial charge is 0.258 e.